The van der Waals surface area contributed by atoms with Crippen LogP contribution in [0.25, 0.3) is 0 Å². The number of hydrogen-bond acceptors (Lipinski definition) is 2. The van der Waals surface area contributed by atoms with E-state index in [9.17, 15) is 0 Å². The van der Waals surface area contributed by atoms with Crippen LogP contribution in [0.5, 0.6) is 0 Å². The van der Waals surface area contributed by atoms with Gasteiger partial charge in [0.05, 0.1) is 6.07 Å². The van der Waals surface area contributed by atoms with Gasteiger partial charge in [-0.05, 0) is 19.5 Å². The molecule has 0 aromatic heterocycles. The van der Waals surface area contributed by atoms with E-state index in [4.69, 9.17) is 5.26 Å². The van der Waals surface area contributed by atoms with Crippen molar-refractivity contribution in [2.45, 2.75) is 13.5 Å². The minimum atomic E-state index is 0.710. The Bertz CT molecular complexity index is 360. The van der Waals surface area contributed by atoms with E-state index in [0.29, 0.717) is 6.54 Å². The predicted octanol–water partition coefficient (Wildman–Crippen LogP) is 2.59. The molecular weight excluding hydrogens is 184 g/mol. The fourth-order valence-electron chi connectivity index (χ4n) is 1.43. The molecule has 0 unspecified atom stereocenters. The highest BCUT2D eigenvalue weighted by Gasteiger charge is 2.02. The van der Waals surface area contributed by atoms with E-state index >= 15 is 0 Å². The maximum atomic E-state index is 8.80. The molecule has 0 saturated heterocycles. The summed E-state index contributed by atoms with van der Waals surface area (Å²) in [6, 6.07) is 12.5. The highest BCUT2D eigenvalue weighted by molar-refractivity contribution is 5.22. The molecule has 0 heterocycles. The third kappa shape index (κ3) is 3.97. The molecule has 0 spiro atoms. The largest absolute Gasteiger partial charge is 0.297 e. The molecule has 0 amide bonds. The molecule has 0 aliphatic heterocycles. The van der Waals surface area contributed by atoms with Crippen LogP contribution in [0.3, 0.4) is 0 Å². The molecule has 78 valence electrons. The van der Waals surface area contributed by atoms with Gasteiger partial charge in [-0.3, -0.25) is 4.90 Å². The molecule has 1 aromatic rings. The molecule has 0 radical (unpaired) electrons. The van der Waals surface area contributed by atoms with Crippen molar-refractivity contribution in [3.8, 4) is 6.07 Å². The molecule has 1 aromatic carbocycles. The Balaban J connectivity index is 2.51. The lowest BCUT2D eigenvalue weighted by Crippen LogP contribution is -2.20. The summed E-state index contributed by atoms with van der Waals surface area (Å²) in [6.45, 7) is 3.48. The van der Waals surface area contributed by atoms with Crippen molar-refractivity contribution in [2.24, 2.45) is 0 Å². The lowest BCUT2D eigenvalue weighted by molar-refractivity contribution is 0.358. The summed E-state index contributed by atoms with van der Waals surface area (Å²) < 4.78 is 0. The topological polar surface area (TPSA) is 27.0 Å². The van der Waals surface area contributed by atoms with Crippen LogP contribution in [-0.4, -0.2) is 18.5 Å². The Hall–Kier alpha value is -1.59. The smallest absolute Gasteiger partial charge is 0.0957 e. The zero-order valence-electron chi connectivity index (χ0n) is 9.27. The molecule has 0 N–H and O–H groups in total. The minimum Gasteiger partial charge on any atom is -0.297 e. The first-order valence-corrected chi connectivity index (χ1v) is 5.04. The first kappa shape index (κ1) is 11.5. The number of benzene rings is 1. The maximum absolute atomic E-state index is 8.80. The van der Waals surface area contributed by atoms with Crippen LogP contribution in [0, 0.1) is 11.3 Å². The second-order valence-corrected chi connectivity index (χ2v) is 3.58. The zero-order valence-corrected chi connectivity index (χ0v) is 9.27. The predicted molar refractivity (Wildman–Crippen MR) is 62.1 cm³/mol. The lowest BCUT2D eigenvalue weighted by Gasteiger charge is -2.15. The normalized spacial score (nSPS) is 11.5. The summed E-state index contributed by atoms with van der Waals surface area (Å²) in [4.78, 5) is 2.13. The number of nitriles is 1. The Morgan fingerprint density at radius 3 is 2.60 bits per heavy atom. The van der Waals surface area contributed by atoms with Gasteiger partial charge in [-0.25, -0.2) is 0 Å². The van der Waals surface area contributed by atoms with Crippen molar-refractivity contribution in [3.05, 3.63) is 47.5 Å². The summed E-state index contributed by atoms with van der Waals surface area (Å²) >= 11 is 0. The number of rotatable bonds is 4. The van der Waals surface area contributed by atoms with E-state index in [0.717, 1.165) is 12.1 Å². The number of likely N-dealkylation sites (N-methyl/N-ethyl adjacent to an activating group) is 1. The maximum Gasteiger partial charge on any atom is 0.0957 e. The quantitative estimate of drug-likeness (QED) is 0.698. The van der Waals surface area contributed by atoms with E-state index in [1.165, 1.54) is 5.56 Å². The van der Waals surface area contributed by atoms with Gasteiger partial charge in [-0.15, -0.1) is 0 Å². The first-order chi connectivity index (χ1) is 7.26. The van der Waals surface area contributed by atoms with E-state index < -0.39 is 0 Å². The second kappa shape index (κ2) is 6.00. The molecule has 0 aliphatic rings. The number of hydrogen-bond donors (Lipinski definition) is 0. The van der Waals surface area contributed by atoms with E-state index in [2.05, 4.69) is 23.1 Å². The molecule has 0 fully saturated rings. The van der Waals surface area contributed by atoms with Crippen molar-refractivity contribution >= 4 is 0 Å². The Morgan fingerprint density at radius 1 is 1.40 bits per heavy atom. The van der Waals surface area contributed by atoms with Crippen LogP contribution in [0.4, 0.5) is 0 Å². The standard InChI is InChI=1S/C13H16N2/c1-3-12(9-14)10-15(2)11-13-7-5-4-6-8-13/h3-8H,10-11H2,1-2H3/b12-3-. The van der Waals surface area contributed by atoms with Gasteiger partial charge in [0.15, 0.2) is 0 Å². The van der Waals surface area contributed by atoms with Gasteiger partial charge in [-0.1, -0.05) is 36.4 Å². The van der Waals surface area contributed by atoms with Crippen LogP contribution in [0.15, 0.2) is 42.0 Å². The van der Waals surface area contributed by atoms with Crippen molar-refractivity contribution < 1.29 is 0 Å². The zero-order chi connectivity index (χ0) is 11.1. The van der Waals surface area contributed by atoms with Gasteiger partial charge in [0, 0.05) is 18.7 Å². The summed E-state index contributed by atoms with van der Waals surface area (Å²) in [6.07, 6.45) is 1.86. The Labute approximate surface area is 91.4 Å². The monoisotopic (exact) mass is 200 g/mol. The van der Waals surface area contributed by atoms with Gasteiger partial charge in [0.2, 0.25) is 0 Å². The fraction of sp³-hybridized carbons (Fsp3) is 0.308. The molecule has 0 aliphatic carbocycles. The van der Waals surface area contributed by atoms with Crippen LogP contribution < -0.4 is 0 Å². The third-order valence-electron chi connectivity index (χ3n) is 2.23. The highest BCUT2D eigenvalue weighted by Crippen LogP contribution is 2.04. The van der Waals surface area contributed by atoms with Crippen molar-refractivity contribution in [1.82, 2.24) is 4.90 Å². The van der Waals surface area contributed by atoms with Gasteiger partial charge < -0.3 is 0 Å². The minimum absolute atomic E-state index is 0.710. The summed E-state index contributed by atoms with van der Waals surface area (Å²) in [5, 5.41) is 8.80. The molecule has 15 heavy (non-hydrogen) atoms. The molecule has 2 nitrogen and oxygen atoms in total. The van der Waals surface area contributed by atoms with Crippen molar-refractivity contribution in [1.29, 1.82) is 5.26 Å². The van der Waals surface area contributed by atoms with Gasteiger partial charge in [0.1, 0.15) is 0 Å². The van der Waals surface area contributed by atoms with Crippen LogP contribution in [0.1, 0.15) is 12.5 Å². The number of allylic oxidation sites excluding steroid dienone is 1. The fourth-order valence-corrected chi connectivity index (χ4v) is 1.43. The van der Waals surface area contributed by atoms with Gasteiger partial charge >= 0.3 is 0 Å². The average molecular weight is 200 g/mol. The van der Waals surface area contributed by atoms with Gasteiger partial charge in [-0.2, -0.15) is 5.26 Å². The first-order valence-electron chi connectivity index (χ1n) is 5.04. The summed E-state index contributed by atoms with van der Waals surface area (Å²) in [7, 11) is 2.02. The molecule has 2 heteroatoms. The number of nitrogens with zero attached hydrogens (tertiary/aromatic N) is 2. The van der Waals surface area contributed by atoms with Gasteiger partial charge in [0.25, 0.3) is 0 Å². The van der Waals surface area contributed by atoms with Crippen LogP contribution >= 0.6 is 0 Å². The SMILES string of the molecule is C/C=C(/C#N)CN(C)Cc1ccccc1. The molecular formula is C13H16N2. The summed E-state index contributed by atoms with van der Waals surface area (Å²) in [5.74, 6) is 0. The third-order valence-corrected chi connectivity index (χ3v) is 2.23. The molecule has 0 saturated carbocycles. The summed E-state index contributed by atoms with van der Waals surface area (Å²) in [5.41, 5.74) is 2.09. The van der Waals surface area contributed by atoms with Crippen LogP contribution in [-0.2, 0) is 6.54 Å². The van der Waals surface area contributed by atoms with Crippen molar-refractivity contribution in [3.63, 3.8) is 0 Å². The van der Waals surface area contributed by atoms with Crippen LogP contribution in [0.2, 0.25) is 0 Å². The highest BCUT2D eigenvalue weighted by atomic mass is 15.1. The van der Waals surface area contributed by atoms with Crippen molar-refractivity contribution in [2.75, 3.05) is 13.6 Å². The molecule has 0 atom stereocenters. The van der Waals surface area contributed by atoms with E-state index in [1.807, 2.05) is 38.2 Å². The Morgan fingerprint density at radius 2 is 2.07 bits per heavy atom. The van der Waals surface area contributed by atoms with E-state index in [1.54, 1.807) is 0 Å². The molecule has 1 rings (SSSR count). The average Bonchev–Trinajstić information content (AvgIpc) is 2.27. The molecule has 0 bridgehead atoms. The second-order valence-electron chi connectivity index (χ2n) is 3.58. The van der Waals surface area contributed by atoms with E-state index in [-0.39, 0.29) is 0 Å². The Kier molecular flexibility index (Phi) is 4.59. The lowest BCUT2D eigenvalue weighted by atomic mass is 10.2.